The third-order valence-corrected chi connectivity index (χ3v) is 2.06. The van der Waals surface area contributed by atoms with Crippen molar-refractivity contribution in [2.75, 3.05) is 0 Å². The van der Waals surface area contributed by atoms with E-state index in [1.165, 1.54) is 12.2 Å². The number of halogens is 3. The molecule has 0 aliphatic rings. The van der Waals surface area contributed by atoms with Crippen LogP contribution in [0.25, 0.3) is 6.08 Å². The molecule has 0 atom stereocenters. The fourth-order valence-corrected chi connectivity index (χ4v) is 1.38. The second kappa shape index (κ2) is 5.03. The second-order valence-corrected chi connectivity index (χ2v) is 3.70. The van der Waals surface area contributed by atoms with E-state index in [4.69, 9.17) is 5.73 Å². The summed E-state index contributed by atoms with van der Waals surface area (Å²) in [4.78, 5) is 10.5. The lowest BCUT2D eigenvalue weighted by Crippen LogP contribution is -2.08. The summed E-state index contributed by atoms with van der Waals surface area (Å²) in [6.45, 7) is 1.58. The van der Waals surface area contributed by atoms with Crippen LogP contribution in [0.3, 0.4) is 0 Å². The van der Waals surface area contributed by atoms with E-state index in [-0.39, 0.29) is 6.42 Å². The van der Waals surface area contributed by atoms with E-state index in [9.17, 15) is 18.0 Å². The Labute approximate surface area is 96.9 Å². The van der Waals surface area contributed by atoms with Crippen molar-refractivity contribution in [3.05, 3.63) is 41.0 Å². The number of hydrogen-bond donors (Lipinski definition) is 1. The largest absolute Gasteiger partial charge is 0.416 e. The molecule has 92 valence electrons. The molecule has 17 heavy (non-hydrogen) atoms. The van der Waals surface area contributed by atoms with Crippen LogP contribution in [0.1, 0.15) is 23.1 Å². The number of benzene rings is 1. The van der Waals surface area contributed by atoms with Crippen LogP contribution in [0.2, 0.25) is 0 Å². The van der Waals surface area contributed by atoms with Gasteiger partial charge < -0.3 is 5.73 Å². The third-order valence-electron chi connectivity index (χ3n) is 2.06. The first-order chi connectivity index (χ1) is 7.79. The molecular weight excluding hydrogens is 231 g/mol. The van der Waals surface area contributed by atoms with Crippen molar-refractivity contribution in [1.29, 1.82) is 0 Å². The summed E-state index contributed by atoms with van der Waals surface area (Å²) in [7, 11) is 0. The molecule has 1 aromatic rings. The van der Waals surface area contributed by atoms with E-state index in [0.29, 0.717) is 11.1 Å². The highest BCUT2D eigenvalue weighted by Crippen LogP contribution is 2.30. The van der Waals surface area contributed by atoms with Gasteiger partial charge in [-0.05, 0) is 30.2 Å². The van der Waals surface area contributed by atoms with Gasteiger partial charge in [-0.3, -0.25) is 4.79 Å². The van der Waals surface area contributed by atoms with Crippen LogP contribution in [-0.4, -0.2) is 5.91 Å². The summed E-state index contributed by atoms with van der Waals surface area (Å²) in [6.07, 6.45) is -1.46. The van der Waals surface area contributed by atoms with Gasteiger partial charge in [0.15, 0.2) is 0 Å². The number of alkyl halides is 3. The number of carbonyl (C=O) groups is 1. The summed E-state index contributed by atoms with van der Waals surface area (Å²) in [6, 6.07) is 3.71. The minimum Gasteiger partial charge on any atom is -0.369 e. The molecule has 0 unspecified atom stereocenters. The summed E-state index contributed by atoms with van der Waals surface area (Å²) in [5.41, 5.74) is 5.13. The molecule has 0 heterocycles. The Balaban J connectivity index is 2.98. The molecule has 2 nitrogen and oxygen atoms in total. The SMILES string of the molecule is Cc1cc(C=CCC(N)=O)cc(C(F)(F)F)c1. The average Bonchev–Trinajstić information content (AvgIpc) is 2.14. The Hall–Kier alpha value is -1.78. The van der Waals surface area contributed by atoms with Gasteiger partial charge in [0.25, 0.3) is 0 Å². The first kappa shape index (κ1) is 13.3. The van der Waals surface area contributed by atoms with Crippen molar-refractivity contribution in [3.63, 3.8) is 0 Å². The number of aryl methyl sites for hydroxylation is 1. The molecule has 1 aromatic carbocycles. The first-order valence-corrected chi connectivity index (χ1v) is 4.93. The van der Waals surface area contributed by atoms with Gasteiger partial charge in [-0.25, -0.2) is 0 Å². The number of carbonyl (C=O) groups excluding carboxylic acids is 1. The van der Waals surface area contributed by atoms with E-state index in [0.717, 1.165) is 12.1 Å². The van der Waals surface area contributed by atoms with Crippen LogP contribution in [0.15, 0.2) is 24.3 Å². The molecule has 5 heteroatoms. The van der Waals surface area contributed by atoms with Gasteiger partial charge in [0, 0.05) is 6.42 Å². The van der Waals surface area contributed by atoms with Gasteiger partial charge in [0.1, 0.15) is 0 Å². The Bertz CT molecular complexity index is 450. The van der Waals surface area contributed by atoms with Gasteiger partial charge in [0.2, 0.25) is 5.91 Å². The lowest BCUT2D eigenvalue weighted by Gasteiger charge is -2.08. The number of hydrogen-bond acceptors (Lipinski definition) is 1. The van der Waals surface area contributed by atoms with Crippen molar-refractivity contribution in [2.24, 2.45) is 5.73 Å². The van der Waals surface area contributed by atoms with Crippen molar-refractivity contribution >= 4 is 12.0 Å². The summed E-state index contributed by atoms with van der Waals surface area (Å²) < 4.78 is 37.5. The molecule has 0 spiro atoms. The van der Waals surface area contributed by atoms with Crippen LogP contribution >= 0.6 is 0 Å². The van der Waals surface area contributed by atoms with E-state index in [1.807, 2.05) is 0 Å². The van der Waals surface area contributed by atoms with Crippen LogP contribution in [-0.2, 0) is 11.0 Å². The van der Waals surface area contributed by atoms with Gasteiger partial charge >= 0.3 is 6.18 Å². The second-order valence-electron chi connectivity index (χ2n) is 3.70. The smallest absolute Gasteiger partial charge is 0.369 e. The summed E-state index contributed by atoms with van der Waals surface area (Å²) in [5.74, 6) is -0.523. The Morgan fingerprint density at radius 3 is 2.53 bits per heavy atom. The van der Waals surface area contributed by atoms with Crippen molar-refractivity contribution < 1.29 is 18.0 Å². The van der Waals surface area contributed by atoms with E-state index < -0.39 is 17.6 Å². The molecule has 1 amide bonds. The minimum atomic E-state index is -4.36. The van der Waals surface area contributed by atoms with Gasteiger partial charge in [-0.15, -0.1) is 0 Å². The zero-order valence-corrected chi connectivity index (χ0v) is 9.21. The van der Waals surface area contributed by atoms with Crippen molar-refractivity contribution in [2.45, 2.75) is 19.5 Å². The number of rotatable bonds is 3. The highest BCUT2D eigenvalue weighted by atomic mass is 19.4. The lowest BCUT2D eigenvalue weighted by atomic mass is 10.1. The number of primary amides is 1. The zero-order chi connectivity index (χ0) is 13.1. The number of nitrogens with two attached hydrogens (primary N) is 1. The van der Waals surface area contributed by atoms with Gasteiger partial charge in [0.05, 0.1) is 5.56 Å². The fraction of sp³-hybridized carbons (Fsp3) is 0.250. The Morgan fingerprint density at radius 2 is 2.00 bits per heavy atom. The first-order valence-electron chi connectivity index (χ1n) is 4.93. The molecule has 0 aliphatic heterocycles. The molecule has 1 rings (SSSR count). The van der Waals surface area contributed by atoms with E-state index in [2.05, 4.69) is 0 Å². The predicted molar refractivity (Wildman–Crippen MR) is 59.0 cm³/mol. The molecule has 0 fully saturated rings. The van der Waals surface area contributed by atoms with Gasteiger partial charge in [-0.2, -0.15) is 13.2 Å². The topological polar surface area (TPSA) is 43.1 Å². The quantitative estimate of drug-likeness (QED) is 0.871. The van der Waals surface area contributed by atoms with Crippen LogP contribution in [0, 0.1) is 6.92 Å². The highest BCUT2D eigenvalue weighted by molar-refractivity contribution is 5.76. The van der Waals surface area contributed by atoms with E-state index >= 15 is 0 Å². The van der Waals surface area contributed by atoms with E-state index in [1.54, 1.807) is 13.0 Å². The highest BCUT2D eigenvalue weighted by Gasteiger charge is 2.30. The maximum Gasteiger partial charge on any atom is 0.416 e. The average molecular weight is 243 g/mol. The fourth-order valence-electron chi connectivity index (χ4n) is 1.38. The molecule has 0 radical (unpaired) electrons. The molecule has 0 saturated heterocycles. The van der Waals surface area contributed by atoms with Crippen molar-refractivity contribution in [1.82, 2.24) is 0 Å². The summed E-state index contributed by atoms with van der Waals surface area (Å²) in [5, 5.41) is 0. The zero-order valence-electron chi connectivity index (χ0n) is 9.21. The standard InChI is InChI=1S/C12H12F3NO/c1-8-5-9(3-2-4-11(16)17)7-10(6-8)12(13,14)15/h2-3,5-7H,4H2,1H3,(H2,16,17). The molecule has 0 aliphatic carbocycles. The van der Waals surface area contributed by atoms with Crippen LogP contribution < -0.4 is 5.73 Å². The van der Waals surface area contributed by atoms with Crippen LogP contribution in [0.4, 0.5) is 13.2 Å². The monoisotopic (exact) mass is 243 g/mol. The van der Waals surface area contributed by atoms with Crippen LogP contribution in [0.5, 0.6) is 0 Å². The molecule has 2 N–H and O–H groups in total. The normalized spacial score (nSPS) is 12.0. The van der Waals surface area contributed by atoms with Crippen molar-refractivity contribution in [3.8, 4) is 0 Å². The minimum absolute atomic E-state index is 0.00922. The maximum absolute atomic E-state index is 12.5. The predicted octanol–water partition coefficient (Wildman–Crippen LogP) is 2.90. The molecule has 0 aromatic heterocycles. The Morgan fingerprint density at radius 1 is 1.35 bits per heavy atom. The number of amides is 1. The Kier molecular flexibility index (Phi) is 3.93. The molecular formula is C12H12F3NO. The lowest BCUT2D eigenvalue weighted by molar-refractivity contribution is -0.137. The van der Waals surface area contributed by atoms with Gasteiger partial charge in [-0.1, -0.05) is 18.2 Å². The molecule has 0 saturated carbocycles. The maximum atomic E-state index is 12.5. The summed E-state index contributed by atoms with van der Waals surface area (Å²) >= 11 is 0. The molecule has 0 bridgehead atoms. The third kappa shape index (κ3) is 4.30.